The predicted octanol–water partition coefficient (Wildman–Crippen LogP) is 6.08. The van der Waals surface area contributed by atoms with Gasteiger partial charge in [0.25, 0.3) is 0 Å². The van der Waals surface area contributed by atoms with Crippen LogP contribution in [0, 0.1) is 5.92 Å². The second-order valence-corrected chi connectivity index (χ2v) is 2.47. The fourth-order valence-corrected chi connectivity index (χ4v) is 1.11. The van der Waals surface area contributed by atoms with Crippen LogP contribution in [0.25, 0.3) is 0 Å². The first-order chi connectivity index (χ1) is 6.85. The first-order valence-electron chi connectivity index (χ1n) is 6.35. The lowest BCUT2D eigenvalue weighted by molar-refractivity contribution is 0.451. The Kier molecular flexibility index (Phi) is 64.9. The molecule has 0 aliphatic carbocycles. The van der Waals surface area contributed by atoms with Gasteiger partial charge in [0, 0.05) is 0 Å². The second-order valence-electron chi connectivity index (χ2n) is 2.47. The highest BCUT2D eigenvalue weighted by molar-refractivity contribution is 4.51. The maximum atomic E-state index is 3.00. The van der Waals surface area contributed by atoms with E-state index in [4.69, 9.17) is 0 Å². The Bertz CT molecular complexity index is 44.0. The van der Waals surface area contributed by atoms with Crippen molar-refractivity contribution in [1.82, 2.24) is 0 Å². The lowest BCUT2D eigenvalue weighted by atomic mass is 9.98. The number of rotatable bonds is 4. The molecule has 0 nitrogen and oxygen atoms in total. The van der Waals surface area contributed by atoms with Gasteiger partial charge in [-0.15, -0.1) is 13.2 Å². The molecular formula is C14H34. The van der Waals surface area contributed by atoms with Gasteiger partial charge >= 0.3 is 0 Å². The highest BCUT2D eigenvalue weighted by atomic mass is 14.0. The molecule has 0 rings (SSSR count). The molecular weight excluding hydrogens is 168 g/mol. The first-order valence-corrected chi connectivity index (χ1v) is 6.35. The summed E-state index contributed by atoms with van der Waals surface area (Å²) in [6.07, 6.45) is 5.51. The molecule has 0 heteroatoms. The Morgan fingerprint density at radius 1 is 0.786 bits per heavy atom. The Labute approximate surface area is 93.8 Å². The minimum Gasteiger partial charge on any atom is -0.106 e. The van der Waals surface area contributed by atoms with E-state index in [1.54, 1.807) is 0 Å². The maximum absolute atomic E-state index is 3.00. The largest absolute Gasteiger partial charge is 0.106 e. The molecule has 0 amide bonds. The van der Waals surface area contributed by atoms with Crippen LogP contribution in [0.2, 0.25) is 0 Å². The minimum absolute atomic E-state index is 1.000. The minimum atomic E-state index is 1.000. The van der Waals surface area contributed by atoms with E-state index in [0.717, 1.165) is 5.92 Å². The third kappa shape index (κ3) is 29.8. The lowest BCUT2D eigenvalue weighted by Gasteiger charge is -2.08. The van der Waals surface area contributed by atoms with E-state index >= 15 is 0 Å². The molecule has 0 N–H and O–H groups in total. The SMILES string of the molecule is C=C.CC.CC.CCCC(CC)CC. The monoisotopic (exact) mass is 202 g/mol. The van der Waals surface area contributed by atoms with Crippen molar-refractivity contribution >= 4 is 0 Å². The molecule has 0 aliphatic rings. The van der Waals surface area contributed by atoms with Crippen molar-refractivity contribution in [3.63, 3.8) is 0 Å². The Morgan fingerprint density at radius 3 is 1.14 bits per heavy atom. The van der Waals surface area contributed by atoms with Crippen LogP contribution in [0.3, 0.4) is 0 Å². The molecule has 0 aromatic rings. The molecule has 0 bridgehead atoms. The topological polar surface area (TPSA) is 0 Å². The van der Waals surface area contributed by atoms with E-state index in [-0.39, 0.29) is 0 Å². The van der Waals surface area contributed by atoms with E-state index in [9.17, 15) is 0 Å². The summed E-state index contributed by atoms with van der Waals surface area (Å²) in [5.74, 6) is 1.000. The lowest BCUT2D eigenvalue weighted by Crippen LogP contribution is -1.94. The van der Waals surface area contributed by atoms with Gasteiger partial charge in [0.05, 0.1) is 0 Å². The smallest absolute Gasteiger partial charge is 0.0420 e. The molecule has 0 aliphatic heterocycles. The third-order valence-electron chi connectivity index (χ3n) is 1.85. The zero-order valence-electron chi connectivity index (χ0n) is 11.8. The van der Waals surface area contributed by atoms with Crippen LogP contribution in [-0.2, 0) is 0 Å². The fraction of sp³-hybridized carbons (Fsp3) is 0.857. The van der Waals surface area contributed by atoms with Gasteiger partial charge in [0.2, 0.25) is 0 Å². The van der Waals surface area contributed by atoms with Crippen molar-refractivity contribution in [2.75, 3.05) is 0 Å². The predicted molar refractivity (Wildman–Crippen MR) is 72.9 cm³/mol. The summed E-state index contributed by atoms with van der Waals surface area (Å²) in [6, 6.07) is 0. The van der Waals surface area contributed by atoms with E-state index in [0.29, 0.717) is 0 Å². The summed E-state index contributed by atoms with van der Waals surface area (Å²) in [4.78, 5) is 0. The Hall–Kier alpha value is -0.260. The van der Waals surface area contributed by atoms with Crippen molar-refractivity contribution in [3.05, 3.63) is 13.2 Å². The molecule has 90 valence electrons. The molecule has 0 heterocycles. The molecule has 0 spiro atoms. The normalized spacial score (nSPS) is 7.14. The van der Waals surface area contributed by atoms with Crippen LogP contribution in [0.4, 0.5) is 0 Å². The Balaban J connectivity index is -0.0000000708. The molecule has 0 saturated carbocycles. The van der Waals surface area contributed by atoms with E-state index in [1.807, 2.05) is 27.7 Å². The summed E-state index contributed by atoms with van der Waals surface area (Å²) in [5, 5.41) is 0. The zero-order chi connectivity index (χ0) is 12.4. The van der Waals surface area contributed by atoms with Gasteiger partial charge in [-0.25, -0.2) is 0 Å². The Morgan fingerprint density at radius 2 is 1.07 bits per heavy atom. The third-order valence-corrected chi connectivity index (χ3v) is 1.85. The van der Waals surface area contributed by atoms with Gasteiger partial charge in [0.1, 0.15) is 0 Å². The zero-order valence-corrected chi connectivity index (χ0v) is 11.8. The molecule has 0 aromatic heterocycles. The van der Waals surface area contributed by atoms with Crippen molar-refractivity contribution in [2.24, 2.45) is 5.92 Å². The standard InChI is InChI=1S/C8H18.2C2H6.C2H4/c1-4-7-8(5-2)6-3;3*1-2/h8H,4-7H2,1-3H3;2*1-2H3;1-2H2. The van der Waals surface area contributed by atoms with E-state index < -0.39 is 0 Å². The van der Waals surface area contributed by atoms with Gasteiger partial charge in [-0.3, -0.25) is 0 Å². The van der Waals surface area contributed by atoms with Crippen LogP contribution < -0.4 is 0 Å². The van der Waals surface area contributed by atoms with Crippen molar-refractivity contribution in [3.8, 4) is 0 Å². The molecule has 0 fully saturated rings. The van der Waals surface area contributed by atoms with Gasteiger partial charge in [-0.2, -0.15) is 0 Å². The van der Waals surface area contributed by atoms with E-state index in [1.165, 1.54) is 25.7 Å². The van der Waals surface area contributed by atoms with Gasteiger partial charge in [-0.05, 0) is 5.92 Å². The van der Waals surface area contributed by atoms with Gasteiger partial charge in [0.15, 0.2) is 0 Å². The maximum Gasteiger partial charge on any atom is -0.0420 e. The molecule has 0 atom stereocenters. The molecule has 0 saturated heterocycles. The van der Waals surface area contributed by atoms with Crippen LogP contribution in [0.5, 0.6) is 0 Å². The van der Waals surface area contributed by atoms with Gasteiger partial charge < -0.3 is 0 Å². The fourth-order valence-electron chi connectivity index (χ4n) is 1.11. The van der Waals surface area contributed by atoms with Crippen molar-refractivity contribution in [1.29, 1.82) is 0 Å². The molecule has 0 radical (unpaired) electrons. The molecule has 14 heavy (non-hydrogen) atoms. The van der Waals surface area contributed by atoms with Crippen molar-refractivity contribution in [2.45, 2.75) is 74.1 Å². The summed E-state index contributed by atoms with van der Waals surface area (Å²) in [7, 11) is 0. The average molecular weight is 202 g/mol. The number of hydrogen-bond donors (Lipinski definition) is 0. The van der Waals surface area contributed by atoms with Crippen LogP contribution in [0.1, 0.15) is 74.1 Å². The summed E-state index contributed by atoms with van der Waals surface area (Å²) in [5.41, 5.74) is 0. The van der Waals surface area contributed by atoms with Crippen LogP contribution in [0.15, 0.2) is 13.2 Å². The van der Waals surface area contributed by atoms with Gasteiger partial charge in [-0.1, -0.05) is 74.1 Å². The summed E-state index contributed by atoms with van der Waals surface area (Å²) < 4.78 is 0. The summed E-state index contributed by atoms with van der Waals surface area (Å²) >= 11 is 0. The van der Waals surface area contributed by atoms with E-state index in [2.05, 4.69) is 33.9 Å². The summed E-state index contributed by atoms with van der Waals surface area (Å²) in [6.45, 7) is 20.8. The highest BCUT2D eigenvalue weighted by Crippen LogP contribution is 2.13. The second kappa shape index (κ2) is 38.7. The molecule has 0 unspecified atom stereocenters. The number of hydrogen-bond acceptors (Lipinski definition) is 0. The average Bonchev–Trinajstić information content (AvgIpc) is 2.33. The molecule has 0 aromatic carbocycles. The first kappa shape index (κ1) is 23.5. The van der Waals surface area contributed by atoms with Crippen molar-refractivity contribution < 1.29 is 0 Å². The highest BCUT2D eigenvalue weighted by Gasteiger charge is 1.98. The van der Waals surface area contributed by atoms with Crippen LogP contribution >= 0.6 is 0 Å². The quantitative estimate of drug-likeness (QED) is 0.485. The van der Waals surface area contributed by atoms with Crippen LogP contribution in [-0.4, -0.2) is 0 Å².